The van der Waals surface area contributed by atoms with Gasteiger partial charge in [-0.15, -0.1) is 0 Å². The number of ketones is 1. The maximum Gasteiger partial charge on any atom is 0.163 e. The highest BCUT2D eigenvalue weighted by atomic mass is 19.1. The lowest BCUT2D eigenvalue weighted by Crippen LogP contribution is -2.39. The molecule has 1 aromatic carbocycles. The first-order chi connectivity index (χ1) is 7.75. The molecule has 0 radical (unpaired) electrons. The number of hydrogen-bond donors (Lipinski definition) is 1. The molecule has 2 aliphatic rings. The quantitative estimate of drug-likeness (QED) is 0.724. The Hall–Kier alpha value is -1.22. The van der Waals surface area contributed by atoms with E-state index in [2.05, 4.69) is 5.32 Å². The fourth-order valence-electron chi connectivity index (χ4n) is 2.96. The average molecular weight is 219 g/mol. The predicted molar refractivity (Wildman–Crippen MR) is 59.1 cm³/mol. The van der Waals surface area contributed by atoms with Gasteiger partial charge in [0.05, 0.1) is 0 Å². The number of benzene rings is 1. The van der Waals surface area contributed by atoms with E-state index in [0.29, 0.717) is 23.8 Å². The van der Waals surface area contributed by atoms with Crippen LogP contribution in [0.1, 0.15) is 34.7 Å². The summed E-state index contributed by atoms with van der Waals surface area (Å²) in [5, 5.41) is 3.35. The highest BCUT2D eigenvalue weighted by molar-refractivity contribution is 5.99. The standard InChI is InChI=1S/C13H14FNO/c14-9-1-2-10-11(6-9)13(16)5-8-3-4-15-7-12(8)10/h1-2,6,8,12,15H,3-5,7H2. The largest absolute Gasteiger partial charge is 0.316 e. The predicted octanol–water partition coefficient (Wildman–Crippen LogP) is 2.11. The topological polar surface area (TPSA) is 29.1 Å². The summed E-state index contributed by atoms with van der Waals surface area (Å²) in [6, 6.07) is 4.64. The van der Waals surface area contributed by atoms with Crippen molar-refractivity contribution in [1.82, 2.24) is 5.32 Å². The lowest BCUT2D eigenvalue weighted by Gasteiger charge is -2.36. The van der Waals surface area contributed by atoms with Crippen molar-refractivity contribution in [2.45, 2.75) is 18.8 Å². The number of nitrogens with one attached hydrogen (secondary N) is 1. The first-order valence-corrected chi connectivity index (χ1v) is 5.79. The van der Waals surface area contributed by atoms with Gasteiger partial charge in [-0.3, -0.25) is 4.79 Å². The van der Waals surface area contributed by atoms with Crippen molar-refractivity contribution in [2.75, 3.05) is 13.1 Å². The molecule has 1 heterocycles. The highest BCUT2D eigenvalue weighted by Gasteiger charge is 2.35. The molecule has 1 fully saturated rings. The maximum absolute atomic E-state index is 13.1. The summed E-state index contributed by atoms with van der Waals surface area (Å²) in [6.45, 7) is 1.90. The van der Waals surface area contributed by atoms with Crippen molar-refractivity contribution in [3.05, 3.63) is 35.1 Å². The third-order valence-corrected chi connectivity index (χ3v) is 3.79. The molecule has 2 unspecified atom stereocenters. The summed E-state index contributed by atoms with van der Waals surface area (Å²) in [6.07, 6.45) is 1.63. The van der Waals surface area contributed by atoms with Crippen LogP contribution in [-0.4, -0.2) is 18.9 Å². The molecule has 0 aromatic heterocycles. The number of carbonyl (C=O) groups excluding carboxylic acids is 1. The number of carbonyl (C=O) groups is 1. The van der Waals surface area contributed by atoms with Crippen LogP contribution in [0.15, 0.2) is 18.2 Å². The molecule has 1 aromatic rings. The molecule has 1 aliphatic heterocycles. The zero-order valence-electron chi connectivity index (χ0n) is 9.00. The fraction of sp³-hybridized carbons (Fsp3) is 0.462. The molecule has 3 rings (SSSR count). The van der Waals surface area contributed by atoms with Gasteiger partial charge in [0.2, 0.25) is 0 Å². The van der Waals surface area contributed by atoms with E-state index in [1.165, 1.54) is 12.1 Å². The first kappa shape index (κ1) is 9.97. The number of rotatable bonds is 0. The van der Waals surface area contributed by atoms with Gasteiger partial charge in [-0.05, 0) is 36.6 Å². The van der Waals surface area contributed by atoms with E-state index in [9.17, 15) is 9.18 Å². The minimum atomic E-state index is -0.311. The van der Waals surface area contributed by atoms with Crippen LogP contribution in [0, 0.1) is 11.7 Å². The maximum atomic E-state index is 13.1. The summed E-state index contributed by atoms with van der Waals surface area (Å²) >= 11 is 0. The Labute approximate surface area is 93.9 Å². The van der Waals surface area contributed by atoms with Crippen molar-refractivity contribution in [3.63, 3.8) is 0 Å². The normalized spacial score (nSPS) is 28.4. The fourth-order valence-corrected chi connectivity index (χ4v) is 2.96. The molecule has 2 nitrogen and oxygen atoms in total. The van der Waals surface area contributed by atoms with Crippen LogP contribution in [0.3, 0.4) is 0 Å². The van der Waals surface area contributed by atoms with Crippen LogP contribution in [-0.2, 0) is 0 Å². The van der Waals surface area contributed by atoms with E-state index in [4.69, 9.17) is 0 Å². The third-order valence-electron chi connectivity index (χ3n) is 3.79. The number of piperidine rings is 1. The summed E-state index contributed by atoms with van der Waals surface area (Å²) in [4.78, 5) is 11.9. The zero-order valence-corrected chi connectivity index (χ0v) is 9.00. The molecule has 0 amide bonds. The van der Waals surface area contributed by atoms with Crippen molar-refractivity contribution in [2.24, 2.45) is 5.92 Å². The molecule has 0 saturated carbocycles. The van der Waals surface area contributed by atoms with Gasteiger partial charge >= 0.3 is 0 Å². The Kier molecular flexibility index (Phi) is 2.28. The summed E-state index contributed by atoms with van der Waals surface area (Å²) in [5.74, 6) is 0.640. The van der Waals surface area contributed by atoms with Crippen LogP contribution >= 0.6 is 0 Å². The van der Waals surface area contributed by atoms with Crippen LogP contribution in [0.25, 0.3) is 0 Å². The van der Waals surface area contributed by atoms with E-state index in [1.54, 1.807) is 6.07 Å². The Bertz CT molecular complexity index is 444. The van der Waals surface area contributed by atoms with Crippen LogP contribution < -0.4 is 5.32 Å². The molecule has 0 spiro atoms. The lowest BCUT2D eigenvalue weighted by atomic mass is 9.71. The zero-order chi connectivity index (χ0) is 11.1. The number of fused-ring (bicyclic) bond motifs is 3. The molecule has 84 valence electrons. The van der Waals surface area contributed by atoms with Crippen molar-refractivity contribution in [1.29, 1.82) is 0 Å². The van der Waals surface area contributed by atoms with Gasteiger partial charge in [-0.2, -0.15) is 0 Å². The minimum absolute atomic E-state index is 0.109. The van der Waals surface area contributed by atoms with Gasteiger partial charge < -0.3 is 5.32 Å². The second kappa shape index (κ2) is 3.67. The van der Waals surface area contributed by atoms with Crippen molar-refractivity contribution in [3.8, 4) is 0 Å². The molecule has 1 saturated heterocycles. The van der Waals surface area contributed by atoms with Gasteiger partial charge in [-0.25, -0.2) is 4.39 Å². The average Bonchev–Trinajstić information content (AvgIpc) is 2.29. The molecule has 2 atom stereocenters. The van der Waals surface area contributed by atoms with Gasteiger partial charge in [0.25, 0.3) is 0 Å². The van der Waals surface area contributed by atoms with Crippen molar-refractivity contribution < 1.29 is 9.18 Å². The molecule has 0 bridgehead atoms. The Morgan fingerprint density at radius 3 is 3.12 bits per heavy atom. The third kappa shape index (κ3) is 1.47. The second-order valence-electron chi connectivity index (χ2n) is 4.72. The summed E-state index contributed by atoms with van der Waals surface area (Å²) in [5.41, 5.74) is 1.64. The summed E-state index contributed by atoms with van der Waals surface area (Å²) in [7, 11) is 0. The minimum Gasteiger partial charge on any atom is -0.316 e. The summed E-state index contributed by atoms with van der Waals surface area (Å²) < 4.78 is 13.1. The molecular formula is C13H14FNO. The van der Waals surface area contributed by atoms with E-state index in [1.807, 2.05) is 0 Å². The van der Waals surface area contributed by atoms with Gasteiger partial charge in [0.1, 0.15) is 5.82 Å². The monoisotopic (exact) mass is 219 g/mol. The second-order valence-corrected chi connectivity index (χ2v) is 4.72. The molecule has 16 heavy (non-hydrogen) atoms. The number of hydrogen-bond acceptors (Lipinski definition) is 2. The van der Waals surface area contributed by atoms with Gasteiger partial charge in [0.15, 0.2) is 5.78 Å². The molecule has 1 N–H and O–H groups in total. The van der Waals surface area contributed by atoms with E-state index < -0.39 is 0 Å². The van der Waals surface area contributed by atoms with Crippen LogP contribution in [0.5, 0.6) is 0 Å². The Morgan fingerprint density at radius 1 is 1.38 bits per heavy atom. The number of halogens is 1. The van der Waals surface area contributed by atoms with Crippen LogP contribution in [0.2, 0.25) is 0 Å². The lowest BCUT2D eigenvalue weighted by molar-refractivity contribution is 0.0923. The van der Waals surface area contributed by atoms with E-state index >= 15 is 0 Å². The Morgan fingerprint density at radius 2 is 2.25 bits per heavy atom. The van der Waals surface area contributed by atoms with Crippen LogP contribution in [0.4, 0.5) is 4.39 Å². The van der Waals surface area contributed by atoms with Crippen molar-refractivity contribution >= 4 is 5.78 Å². The highest BCUT2D eigenvalue weighted by Crippen LogP contribution is 2.39. The van der Waals surface area contributed by atoms with E-state index in [0.717, 1.165) is 25.1 Å². The van der Waals surface area contributed by atoms with Gasteiger partial charge in [0, 0.05) is 24.4 Å². The van der Waals surface area contributed by atoms with Gasteiger partial charge in [-0.1, -0.05) is 6.07 Å². The smallest absolute Gasteiger partial charge is 0.163 e. The van der Waals surface area contributed by atoms with E-state index in [-0.39, 0.29) is 11.6 Å². The number of Topliss-reactive ketones (excluding diaryl/α,β-unsaturated/α-hetero) is 1. The molecule has 3 heteroatoms. The molecule has 1 aliphatic carbocycles. The Balaban J connectivity index is 2.08. The SMILES string of the molecule is O=C1CC2CCNCC2c2ccc(F)cc21. The molecular weight excluding hydrogens is 205 g/mol. The first-order valence-electron chi connectivity index (χ1n) is 5.79.